The Balaban J connectivity index is 1.57. The number of nitrogens with two attached hydrogens (primary N) is 1. The minimum atomic E-state index is -0.310. The Labute approximate surface area is 167 Å². The average molecular weight is 388 g/mol. The van der Waals surface area contributed by atoms with Gasteiger partial charge in [0.15, 0.2) is 5.65 Å². The number of aromatic nitrogens is 4. The predicted molar refractivity (Wildman–Crippen MR) is 110 cm³/mol. The third kappa shape index (κ3) is 3.22. The van der Waals surface area contributed by atoms with Crippen LogP contribution in [0.4, 0.5) is 10.2 Å². The molecule has 1 saturated heterocycles. The highest BCUT2D eigenvalue weighted by molar-refractivity contribution is 6.36. The summed E-state index contributed by atoms with van der Waals surface area (Å²) < 4.78 is 20.5. The van der Waals surface area contributed by atoms with Crippen LogP contribution in [0.15, 0.2) is 36.7 Å². The topological polar surface area (TPSA) is 90.4 Å². The van der Waals surface area contributed by atoms with Crippen molar-refractivity contribution in [2.45, 2.75) is 19.0 Å². The Bertz CT molecular complexity index is 1220. The van der Waals surface area contributed by atoms with Crippen molar-refractivity contribution in [1.82, 2.24) is 24.9 Å². The second kappa shape index (κ2) is 7.09. The molecule has 2 radical (unpaired) electrons. The van der Waals surface area contributed by atoms with Crippen LogP contribution in [0, 0.1) is 5.82 Å². The minimum absolute atomic E-state index is 0.276. The number of ether oxygens (including phenoxy) is 1. The highest BCUT2D eigenvalue weighted by atomic mass is 19.1. The van der Waals surface area contributed by atoms with Crippen LogP contribution in [0.25, 0.3) is 27.7 Å². The molecule has 3 N–H and O–H groups in total. The molecule has 1 atom stereocenters. The minimum Gasteiger partial charge on any atom is -0.384 e. The molecule has 7 nitrogen and oxygen atoms in total. The second-order valence-electron chi connectivity index (χ2n) is 7.15. The maximum atomic E-state index is 13.6. The van der Waals surface area contributed by atoms with Crippen molar-refractivity contribution in [2.24, 2.45) is 0 Å². The lowest BCUT2D eigenvalue weighted by Crippen LogP contribution is -2.32. The quantitative estimate of drug-likeness (QED) is 0.513. The Morgan fingerprint density at radius 1 is 1.31 bits per heavy atom. The van der Waals surface area contributed by atoms with Gasteiger partial charge in [0, 0.05) is 41.9 Å². The molecule has 29 heavy (non-hydrogen) atoms. The number of hydrogen-bond donors (Lipinski definition) is 2. The summed E-state index contributed by atoms with van der Waals surface area (Å²) in [5.74, 6) is 0.0243. The number of halogens is 1. The Hall–Kier alpha value is -3.04. The molecule has 3 aromatic heterocycles. The number of nitrogens with zero attached hydrogens (tertiary/aromatic N) is 4. The van der Waals surface area contributed by atoms with Crippen LogP contribution in [-0.4, -0.2) is 46.7 Å². The molecule has 5 rings (SSSR count). The number of nitrogen functional groups attached to an aromatic ring is 1. The van der Waals surface area contributed by atoms with E-state index in [0.29, 0.717) is 46.7 Å². The molecule has 1 aliphatic heterocycles. The zero-order valence-electron chi connectivity index (χ0n) is 15.6. The fraction of sp³-hybridized carbons (Fsp3) is 0.250. The fourth-order valence-corrected chi connectivity index (χ4v) is 3.60. The largest absolute Gasteiger partial charge is 0.384 e. The number of anilines is 1. The van der Waals surface area contributed by atoms with Gasteiger partial charge < -0.3 is 15.8 Å². The van der Waals surface area contributed by atoms with E-state index in [2.05, 4.69) is 15.4 Å². The molecule has 0 saturated carbocycles. The van der Waals surface area contributed by atoms with Crippen molar-refractivity contribution in [3.05, 3.63) is 48.2 Å². The molecule has 1 aromatic carbocycles. The van der Waals surface area contributed by atoms with Crippen LogP contribution in [0.1, 0.15) is 12.1 Å². The smallest absolute Gasteiger partial charge is 0.165 e. The Morgan fingerprint density at radius 3 is 3.03 bits per heavy atom. The third-order valence-electron chi connectivity index (χ3n) is 5.24. The molecule has 4 heterocycles. The summed E-state index contributed by atoms with van der Waals surface area (Å²) in [6.45, 7) is 1.91. The maximum absolute atomic E-state index is 13.6. The summed E-state index contributed by atoms with van der Waals surface area (Å²) in [5.41, 5.74) is 10.1. The molecule has 0 unspecified atom stereocenters. The Kier molecular flexibility index (Phi) is 4.41. The highest BCUT2D eigenvalue weighted by Gasteiger charge is 2.18. The van der Waals surface area contributed by atoms with Gasteiger partial charge in [0.1, 0.15) is 19.5 Å². The molecule has 0 bridgehead atoms. The van der Waals surface area contributed by atoms with Crippen molar-refractivity contribution in [3.8, 4) is 11.1 Å². The van der Waals surface area contributed by atoms with E-state index in [0.717, 1.165) is 24.2 Å². The Morgan fingerprint density at radius 2 is 2.21 bits per heavy atom. The van der Waals surface area contributed by atoms with Crippen LogP contribution < -0.4 is 16.5 Å². The molecule has 0 amide bonds. The summed E-state index contributed by atoms with van der Waals surface area (Å²) in [4.78, 5) is 9.14. The van der Waals surface area contributed by atoms with Gasteiger partial charge in [-0.1, -0.05) is 0 Å². The van der Waals surface area contributed by atoms with Gasteiger partial charge in [0.05, 0.1) is 24.0 Å². The van der Waals surface area contributed by atoms with E-state index in [9.17, 15) is 4.39 Å². The van der Waals surface area contributed by atoms with Crippen molar-refractivity contribution in [2.75, 3.05) is 18.9 Å². The van der Waals surface area contributed by atoms with Crippen molar-refractivity contribution >= 4 is 35.7 Å². The van der Waals surface area contributed by atoms with Gasteiger partial charge >= 0.3 is 0 Å². The second-order valence-corrected chi connectivity index (χ2v) is 7.15. The van der Waals surface area contributed by atoms with Crippen molar-refractivity contribution in [3.63, 3.8) is 0 Å². The highest BCUT2D eigenvalue weighted by Crippen LogP contribution is 2.27. The van der Waals surface area contributed by atoms with Gasteiger partial charge in [-0.05, 0) is 36.1 Å². The van der Waals surface area contributed by atoms with E-state index in [1.165, 1.54) is 16.6 Å². The average Bonchev–Trinajstić information content (AvgIpc) is 3.39. The number of nitrogens with one attached hydrogen (secondary N) is 1. The zero-order valence-corrected chi connectivity index (χ0v) is 15.6. The molecule has 4 aromatic rings. The van der Waals surface area contributed by atoms with Crippen LogP contribution in [0.2, 0.25) is 0 Å². The van der Waals surface area contributed by atoms with Crippen LogP contribution >= 0.6 is 0 Å². The van der Waals surface area contributed by atoms with Crippen molar-refractivity contribution in [1.29, 1.82) is 0 Å². The van der Waals surface area contributed by atoms with Crippen LogP contribution in [0.5, 0.6) is 0 Å². The first-order valence-electron chi connectivity index (χ1n) is 9.38. The van der Waals surface area contributed by atoms with E-state index in [-0.39, 0.29) is 11.9 Å². The van der Waals surface area contributed by atoms with E-state index in [1.54, 1.807) is 18.5 Å². The maximum Gasteiger partial charge on any atom is 0.165 e. The van der Waals surface area contributed by atoms with Gasteiger partial charge in [-0.15, -0.1) is 0 Å². The molecule has 1 fully saturated rings. The van der Waals surface area contributed by atoms with Crippen LogP contribution in [-0.2, 0) is 11.3 Å². The lowest BCUT2D eigenvalue weighted by Gasteiger charge is -2.14. The summed E-state index contributed by atoms with van der Waals surface area (Å²) >= 11 is 0. The summed E-state index contributed by atoms with van der Waals surface area (Å²) in [6.07, 6.45) is 4.34. The SMILES string of the molecule is [B]c1c(CN[C@@H]2CCOC2)nc2c(-c3cnc4ccc(F)cc4c3)cnn2c1N. The first-order valence-corrected chi connectivity index (χ1v) is 9.38. The van der Waals surface area contributed by atoms with E-state index in [1.807, 2.05) is 6.07 Å². The third-order valence-corrected chi connectivity index (χ3v) is 5.24. The molecule has 144 valence electrons. The van der Waals surface area contributed by atoms with E-state index in [4.69, 9.17) is 23.3 Å². The zero-order chi connectivity index (χ0) is 20.0. The number of rotatable bonds is 4. The number of pyridine rings is 1. The van der Waals surface area contributed by atoms with Crippen molar-refractivity contribution < 1.29 is 9.13 Å². The predicted octanol–water partition coefficient (Wildman–Crippen LogP) is 1.34. The molecule has 0 spiro atoms. The molecular formula is C20H18BFN6O. The normalized spacial score (nSPS) is 16.8. The summed E-state index contributed by atoms with van der Waals surface area (Å²) in [5, 5.41) is 8.45. The van der Waals surface area contributed by atoms with Gasteiger partial charge in [-0.3, -0.25) is 4.98 Å². The number of benzene rings is 1. The van der Waals surface area contributed by atoms with Gasteiger partial charge in [0.25, 0.3) is 0 Å². The van der Waals surface area contributed by atoms with E-state index < -0.39 is 0 Å². The van der Waals surface area contributed by atoms with Gasteiger partial charge in [-0.25, -0.2) is 9.37 Å². The molecule has 1 aliphatic rings. The molecular weight excluding hydrogens is 370 g/mol. The number of fused-ring (bicyclic) bond motifs is 2. The standard InChI is InChI=1S/C20H18BFN6O/c21-18-17(9-24-14-3-4-29-10-14)27-20-15(8-26-28(20)19(18)23)12-5-11-6-13(22)1-2-16(11)25-7-12/h1-2,5-8,14,24H,3-4,9-10,23H2/t14-/m1/s1. The summed E-state index contributed by atoms with van der Waals surface area (Å²) in [7, 11) is 6.20. The number of hydrogen-bond acceptors (Lipinski definition) is 6. The monoisotopic (exact) mass is 388 g/mol. The van der Waals surface area contributed by atoms with Crippen LogP contribution in [0.3, 0.4) is 0 Å². The lowest BCUT2D eigenvalue weighted by molar-refractivity contribution is 0.190. The molecule has 0 aliphatic carbocycles. The van der Waals surface area contributed by atoms with Gasteiger partial charge in [0.2, 0.25) is 0 Å². The first-order chi connectivity index (χ1) is 14.1. The van der Waals surface area contributed by atoms with Gasteiger partial charge in [-0.2, -0.15) is 9.61 Å². The fourth-order valence-electron chi connectivity index (χ4n) is 3.60. The molecule has 9 heteroatoms. The summed E-state index contributed by atoms with van der Waals surface area (Å²) in [6, 6.07) is 6.64. The first kappa shape index (κ1) is 18.0. The van der Waals surface area contributed by atoms with E-state index >= 15 is 0 Å². The lowest BCUT2D eigenvalue weighted by atomic mass is 9.94.